The SMILES string of the molecule is Cc1cc(C)cc(CSC(C)CC(=O)NN)c1. The van der Waals surface area contributed by atoms with Gasteiger partial charge < -0.3 is 0 Å². The number of hydrazine groups is 1. The van der Waals surface area contributed by atoms with Gasteiger partial charge in [-0.2, -0.15) is 11.8 Å². The number of hydrogen-bond acceptors (Lipinski definition) is 3. The Bertz CT molecular complexity index is 373. The summed E-state index contributed by atoms with van der Waals surface area (Å²) in [6.07, 6.45) is 0.464. The molecule has 0 aromatic heterocycles. The molecule has 1 atom stereocenters. The molecule has 0 radical (unpaired) electrons. The second-order valence-electron chi connectivity index (χ2n) is 4.39. The topological polar surface area (TPSA) is 55.1 Å². The summed E-state index contributed by atoms with van der Waals surface area (Å²) in [5, 5.41) is 0.277. The average Bonchev–Trinajstić information content (AvgIpc) is 2.25. The molecule has 0 saturated carbocycles. The van der Waals surface area contributed by atoms with E-state index in [0.717, 1.165) is 5.75 Å². The third-order valence-electron chi connectivity index (χ3n) is 2.45. The summed E-state index contributed by atoms with van der Waals surface area (Å²) in [5.41, 5.74) is 6.04. The Morgan fingerprint density at radius 3 is 2.47 bits per heavy atom. The van der Waals surface area contributed by atoms with Gasteiger partial charge in [0.1, 0.15) is 0 Å². The summed E-state index contributed by atoms with van der Waals surface area (Å²) in [7, 11) is 0. The predicted molar refractivity (Wildman–Crippen MR) is 73.6 cm³/mol. The maximum atomic E-state index is 11.1. The molecule has 1 rings (SSSR count). The smallest absolute Gasteiger partial charge is 0.234 e. The Balaban J connectivity index is 2.47. The van der Waals surface area contributed by atoms with E-state index < -0.39 is 0 Å². The predicted octanol–water partition coefficient (Wildman–Crippen LogP) is 2.31. The number of nitrogens with one attached hydrogen (secondary N) is 1. The van der Waals surface area contributed by atoms with Crippen molar-refractivity contribution in [3.8, 4) is 0 Å². The zero-order valence-corrected chi connectivity index (χ0v) is 11.4. The number of nitrogens with two attached hydrogens (primary N) is 1. The number of carbonyl (C=O) groups is 1. The zero-order chi connectivity index (χ0) is 12.8. The first-order chi connectivity index (χ1) is 8.01. The van der Waals surface area contributed by atoms with E-state index in [1.54, 1.807) is 11.8 Å². The van der Waals surface area contributed by atoms with Gasteiger partial charge in [-0.1, -0.05) is 36.2 Å². The number of carbonyl (C=O) groups excluding carboxylic acids is 1. The van der Waals surface area contributed by atoms with Crippen LogP contribution in [0.4, 0.5) is 0 Å². The van der Waals surface area contributed by atoms with Crippen LogP contribution in [0, 0.1) is 13.8 Å². The number of hydrogen-bond donors (Lipinski definition) is 2. The summed E-state index contributed by atoms with van der Waals surface area (Å²) < 4.78 is 0. The van der Waals surface area contributed by atoms with Gasteiger partial charge in [0.2, 0.25) is 5.91 Å². The van der Waals surface area contributed by atoms with Gasteiger partial charge in [-0.05, 0) is 19.4 Å². The molecular weight excluding hydrogens is 232 g/mol. The normalized spacial score (nSPS) is 12.2. The van der Waals surface area contributed by atoms with Gasteiger partial charge in [-0.15, -0.1) is 0 Å². The summed E-state index contributed by atoms with van der Waals surface area (Å²) in [5.74, 6) is 5.88. The van der Waals surface area contributed by atoms with Crippen LogP contribution >= 0.6 is 11.8 Å². The Morgan fingerprint density at radius 1 is 1.35 bits per heavy atom. The van der Waals surface area contributed by atoms with Crippen molar-refractivity contribution in [1.82, 2.24) is 5.43 Å². The van der Waals surface area contributed by atoms with Crippen molar-refractivity contribution >= 4 is 17.7 Å². The van der Waals surface area contributed by atoms with Crippen LogP contribution in [0.2, 0.25) is 0 Å². The molecule has 0 saturated heterocycles. The fraction of sp³-hybridized carbons (Fsp3) is 0.462. The molecule has 0 aliphatic rings. The van der Waals surface area contributed by atoms with Crippen molar-refractivity contribution in [1.29, 1.82) is 0 Å². The van der Waals surface area contributed by atoms with E-state index in [4.69, 9.17) is 5.84 Å². The lowest BCUT2D eigenvalue weighted by atomic mass is 10.1. The first-order valence-electron chi connectivity index (χ1n) is 5.69. The Labute approximate surface area is 107 Å². The zero-order valence-electron chi connectivity index (χ0n) is 10.6. The van der Waals surface area contributed by atoms with Crippen molar-refractivity contribution in [3.05, 3.63) is 34.9 Å². The van der Waals surface area contributed by atoms with Crippen molar-refractivity contribution in [3.63, 3.8) is 0 Å². The van der Waals surface area contributed by atoms with Crippen molar-refractivity contribution < 1.29 is 4.79 Å². The molecule has 0 fully saturated rings. The molecule has 3 N–H and O–H groups in total. The maximum absolute atomic E-state index is 11.1. The number of amides is 1. The van der Waals surface area contributed by atoms with Crippen LogP contribution in [-0.4, -0.2) is 11.2 Å². The summed E-state index contributed by atoms with van der Waals surface area (Å²) >= 11 is 1.77. The quantitative estimate of drug-likeness (QED) is 0.480. The van der Waals surface area contributed by atoms with E-state index in [-0.39, 0.29) is 11.2 Å². The Morgan fingerprint density at radius 2 is 1.94 bits per heavy atom. The highest BCUT2D eigenvalue weighted by atomic mass is 32.2. The van der Waals surface area contributed by atoms with E-state index in [2.05, 4.69) is 37.5 Å². The Kier molecular flexibility index (Phi) is 5.51. The number of rotatable bonds is 5. The van der Waals surface area contributed by atoms with Crippen LogP contribution in [0.15, 0.2) is 18.2 Å². The summed E-state index contributed by atoms with van der Waals surface area (Å²) in [4.78, 5) is 11.1. The van der Waals surface area contributed by atoms with Gasteiger partial charge in [0.05, 0.1) is 0 Å². The third-order valence-corrected chi connectivity index (χ3v) is 3.69. The number of aryl methyl sites for hydroxylation is 2. The fourth-order valence-corrected chi connectivity index (χ4v) is 2.68. The minimum absolute atomic E-state index is 0.106. The molecule has 0 aliphatic carbocycles. The molecule has 1 unspecified atom stereocenters. The molecule has 0 aliphatic heterocycles. The van der Waals surface area contributed by atoms with Crippen LogP contribution in [-0.2, 0) is 10.5 Å². The van der Waals surface area contributed by atoms with Crippen molar-refractivity contribution in [2.45, 2.75) is 38.2 Å². The van der Waals surface area contributed by atoms with Crippen molar-refractivity contribution in [2.75, 3.05) is 0 Å². The number of thioether (sulfide) groups is 1. The summed E-state index contributed by atoms with van der Waals surface area (Å²) in [6, 6.07) is 6.55. The molecular formula is C13H20N2OS. The highest BCUT2D eigenvalue weighted by Crippen LogP contribution is 2.21. The van der Waals surface area contributed by atoms with Gasteiger partial charge >= 0.3 is 0 Å². The van der Waals surface area contributed by atoms with E-state index in [1.165, 1.54) is 16.7 Å². The van der Waals surface area contributed by atoms with E-state index in [1.807, 2.05) is 6.92 Å². The first-order valence-corrected chi connectivity index (χ1v) is 6.74. The van der Waals surface area contributed by atoms with Gasteiger partial charge in [0.25, 0.3) is 0 Å². The van der Waals surface area contributed by atoms with Crippen LogP contribution in [0.1, 0.15) is 30.0 Å². The third kappa shape index (κ3) is 5.24. The molecule has 1 amide bonds. The van der Waals surface area contributed by atoms with E-state index in [0.29, 0.717) is 6.42 Å². The maximum Gasteiger partial charge on any atom is 0.234 e. The van der Waals surface area contributed by atoms with Gasteiger partial charge in [-0.25, -0.2) is 5.84 Å². The lowest BCUT2D eigenvalue weighted by Crippen LogP contribution is -2.31. The molecule has 94 valence electrons. The summed E-state index contributed by atoms with van der Waals surface area (Å²) in [6.45, 7) is 6.25. The minimum Gasteiger partial charge on any atom is -0.294 e. The lowest BCUT2D eigenvalue weighted by molar-refractivity contribution is -0.121. The highest BCUT2D eigenvalue weighted by Gasteiger charge is 2.08. The molecule has 0 spiro atoms. The first kappa shape index (κ1) is 14.1. The molecule has 1 aromatic carbocycles. The molecule has 4 heteroatoms. The fourth-order valence-electron chi connectivity index (χ4n) is 1.77. The molecule has 3 nitrogen and oxygen atoms in total. The van der Waals surface area contributed by atoms with Crippen LogP contribution in [0.25, 0.3) is 0 Å². The van der Waals surface area contributed by atoms with Crippen molar-refractivity contribution in [2.24, 2.45) is 5.84 Å². The van der Waals surface area contributed by atoms with E-state index >= 15 is 0 Å². The van der Waals surface area contributed by atoms with Gasteiger partial charge in [0, 0.05) is 17.4 Å². The lowest BCUT2D eigenvalue weighted by Gasteiger charge is -2.11. The second kappa shape index (κ2) is 6.67. The van der Waals surface area contributed by atoms with Crippen LogP contribution in [0.5, 0.6) is 0 Å². The highest BCUT2D eigenvalue weighted by molar-refractivity contribution is 7.99. The van der Waals surface area contributed by atoms with Gasteiger partial charge in [-0.3, -0.25) is 10.2 Å². The van der Waals surface area contributed by atoms with Crippen LogP contribution < -0.4 is 11.3 Å². The van der Waals surface area contributed by atoms with E-state index in [9.17, 15) is 4.79 Å². The Hall–Kier alpha value is -1.00. The molecule has 0 bridgehead atoms. The largest absolute Gasteiger partial charge is 0.294 e. The molecule has 1 aromatic rings. The average molecular weight is 252 g/mol. The molecule has 0 heterocycles. The van der Waals surface area contributed by atoms with Crippen LogP contribution in [0.3, 0.4) is 0 Å². The molecule has 17 heavy (non-hydrogen) atoms. The standard InChI is InChI=1S/C13H20N2OS/c1-9-4-10(2)6-12(5-9)8-17-11(3)7-13(16)15-14/h4-6,11H,7-8,14H2,1-3H3,(H,15,16). The van der Waals surface area contributed by atoms with Gasteiger partial charge in [0.15, 0.2) is 0 Å². The minimum atomic E-state index is -0.106. The second-order valence-corrected chi connectivity index (χ2v) is 5.82. The monoisotopic (exact) mass is 252 g/mol. The number of benzene rings is 1.